The molecule has 3 amide bonds. The zero-order chi connectivity index (χ0) is 19.7. The molecule has 3 heterocycles. The second-order valence-electron chi connectivity index (χ2n) is 7.57. The van der Waals surface area contributed by atoms with Gasteiger partial charge in [0.1, 0.15) is 6.04 Å². The zero-order valence-electron chi connectivity index (χ0n) is 16.7. The summed E-state index contributed by atoms with van der Waals surface area (Å²) in [7, 11) is 1.88. The van der Waals surface area contributed by atoms with E-state index in [2.05, 4.69) is 5.10 Å². The van der Waals surface area contributed by atoms with Gasteiger partial charge in [-0.3, -0.25) is 19.1 Å². The van der Waals surface area contributed by atoms with Crippen LogP contribution in [0.3, 0.4) is 0 Å². The summed E-state index contributed by atoms with van der Waals surface area (Å²) in [5.41, 5.74) is 2.91. The molecule has 2 saturated heterocycles. The largest absolute Gasteiger partial charge is 0.343 e. The van der Waals surface area contributed by atoms with E-state index in [9.17, 15) is 14.4 Å². The van der Waals surface area contributed by atoms with E-state index in [0.717, 1.165) is 29.9 Å². The van der Waals surface area contributed by atoms with Crippen LogP contribution in [0, 0.1) is 13.8 Å². The van der Waals surface area contributed by atoms with Gasteiger partial charge < -0.3 is 14.7 Å². The van der Waals surface area contributed by atoms with Gasteiger partial charge in [0.05, 0.1) is 18.8 Å². The van der Waals surface area contributed by atoms with E-state index < -0.39 is 6.04 Å². The number of aromatic nitrogens is 2. The first-order valence-corrected chi connectivity index (χ1v) is 9.64. The number of amides is 3. The van der Waals surface area contributed by atoms with Crippen molar-refractivity contribution >= 4 is 17.7 Å². The highest BCUT2D eigenvalue weighted by molar-refractivity contribution is 5.94. The summed E-state index contributed by atoms with van der Waals surface area (Å²) in [6, 6.07) is -0.487. The van der Waals surface area contributed by atoms with E-state index in [1.807, 2.05) is 25.8 Å². The fourth-order valence-electron chi connectivity index (χ4n) is 3.97. The van der Waals surface area contributed by atoms with Gasteiger partial charge in [0.2, 0.25) is 17.7 Å². The van der Waals surface area contributed by atoms with Crippen molar-refractivity contribution in [1.82, 2.24) is 24.5 Å². The van der Waals surface area contributed by atoms with Crippen LogP contribution in [-0.4, -0.2) is 74.4 Å². The van der Waals surface area contributed by atoms with Crippen molar-refractivity contribution in [2.75, 3.05) is 26.2 Å². The molecule has 0 unspecified atom stereocenters. The van der Waals surface area contributed by atoms with Crippen molar-refractivity contribution in [2.24, 2.45) is 7.05 Å². The van der Waals surface area contributed by atoms with Crippen molar-refractivity contribution in [3.63, 3.8) is 0 Å². The number of hydrogen-bond donors (Lipinski definition) is 0. The van der Waals surface area contributed by atoms with Crippen LogP contribution < -0.4 is 0 Å². The van der Waals surface area contributed by atoms with Crippen LogP contribution >= 0.6 is 0 Å². The average molecular weight is 375 g/mol. The first-order chi connectivity index (χ1) is 12.8. The molecule has 2 aliphatic heterocycles. The minimum atomic E-state index is -0.487. The zero-order valence-corrected chi connectivity index (χ0v) is 16.7. The quantitative estimate of drug-likeness (QED) is 0.730. The molecule has 8 nitrogen and oxygen atoms in total. The fourth-order valence-corrected chi connectivity index (χ4v) is 3.97. The SMILES string of the molecule is Cc1nn(C)c(C)c1CN1C(=O)CN(CCCN2CCCC2=O)C(=O)[C@@H]1C. The van der Waals surface area contributed by atoms with Gasteiger partial charge in [-0.2, -0.15) is 5.10 Å². The van der Waals surface area contributed by atoms with Gasteiger partial charge >= 0.3 is 0 Å². The molecule has 27 heavy (non-hydrogen) atoms. The molecule has 1 atom stereocenters. The molecular weight excluding hydrogens is 346 g/mol. The molecular formula is C19H29N5O3. The van der Waals surface area contributed by atoms with E-state index in [1.54, 1.807) is 21.4 Å². The number of hydrogen-bond acceptors (Lipinski definition) is 4. The van der Waals surface area contributed by atoms with Gasteiger partial charge in [0.25, 0.3) is 0 Å². The Kier molecular flexibility index (Phi) is 5.53. The number of piperazine rings is 1. The van der Waals surface area contributed by atoms with Crippen molar-refractivity contribution < 1.29 is 14.4 Å². The number of aryl methyl sites for hydroxylation is 2. The summed E-state index contributed by atoms with van der Waals surface area (Å²) < 4.78 is 1.80. The third-order valence-corrected chi connectivity index (χ3v) is 5.80. The minimum Gasteiger partial charge on any atom is -0.343 e. The lowest BCUT2D eigenvalue weighted by Crippen LogP contribution is -2.58. The number of rotatable bonds is 6. The molecule has 0 aliphatic carbocycles. The summed E-state index contributed by atoms with van der Waals surface area (Å²) in [5.74, 6) is 0.126. The van der Waals surface area contributed by atoms with Gasteiger partial charge in [-0.15, -0.1) is 0 Å². The second-order valence-corrected chi connectivity index (χ2v) is 7.57. The highest BCUT2D eigenvalue weighted by atomic mass is 16.2. The summed E-state index contributed by atoms with van der Waals surface area (Å²) in [6.07, 6.45) is 2.25. The molecule has 0 N–H and O–H groups in total. The highest BCUT2D eigenvalue weighted by Gasteiger charge is 2.37. The third kappa shape index (κ3) is 3.84. The number of nitrogens with zero attached hydrogens (tertiary/aromatic N) is 5. The Bertz CT molecular complexity index is 757. The second kappa shape index (κ2) is 7.70. The molecule has 8 heteroatoms. The van der Waals surface area contributed by atoms with Gasteiger partial charge in [-0.1, -0.05) is 0 Å². The van der Waals surface area contributed by atoms with E-state index >= 15 is 0 Å². The summed E-state index contributed by atoms with van der Waals surface area (Å²) in [6.45, 7) is 8.18. The van der Waals surface area contributed by atoms with Gasteiger partial charge in [-0.05, 0) is 33.6 Å². The molecule has 148 valence electrons. The standard InChI is InChI=1S/C19H29N5O3/c1-13-16(14(2)21(4)20-13)11-24-15(3)19(27)23(12-18(24)26)10-6-9-22-8-5-7-17(22)25/h15H,5-12H2,1-4H3/t15-/m0/s1. The molecule has 0 saturated carbocycles. The molecule has 0 spiro atoms. The highest BCUT2D eigenvalue weighted by Crippen LogP contribution is 2.20. The molecule has 2 aliphatic rings. The van der Waals surface area contributed by atoms with Crippen molar-refractivity contribution in [3.05, 3.63) is 17.0 Å². The Hall–Kier alpha value is -2.38. The first-order valence-electron chi connectivity index (χ1n) is 9.64. The first kappa shape index (κ1) is 19.4. The van der Waals surface area contributed by atoms with Crippen LogP contribution in [0.5, 0.6) is 0 Å². The maximum atomic E-state index is 12.8. The predicted octanol–water partition coefficient (Wildman–Crippen LogP) is 0.609. The van der Waals surface area contributed by atoms with Crippen LogP contribution in [0.2, 0.25) is 0 Å². The lowest BCUT2D eigenvalue weighted by molar-refractivity contribution is -0.155. The molecule has 3 rings (SSSR count). The van der Waals surface area contributed by atoms with Gasteiger partial charge in [-0.25, -0.2) is 0 Å². The van der Waals surface area contributed by atoms with Crippen molar-refractivity contribution in [3.8, 4) is 0 Å². The van der Waals surface area contributed by atoms with Crippen LogP contribution in [0.4, 0.5) is 0 Å². The number of likely N-dealkylation sites (tertiary alicyclic amines) is 1. The predicted molar refractivity (Wildman–Crippen MR) is 99.7 cm³/mol. The Morgan fingerprint density at radius 2 is 1.78 bits per heavy atom. The normalized spacial score (nSPS) is 21.0. The lowest BCUT2D eigenvalue weighted by atomic mass is 10.1. The average Bonchev–Trinajstić information content (AvgIpc) is 3.13. The monoisotopic (exact) mass is 375 g/mol. The maximum absolute atomic E-state index is 12.8. The van der Waals surface area contributed by atoms with Crippen LogP contribution in [0.1, 0.15) is 43.1 Å². The maximum Gasteiger partial charge on any atom is 0.245 e. The number of carbonyl (C=O) groups excluding carboxylic acids is 3. The van der Waals surface area contributed by atoms with Gasteiger partial charge in [0, 0.05) is 44.4 Å². The third-order valence-electron chi connectivity index (χ3n) is 5.80. The van der Waals surface area contributed by atoms with E-state index in [0.29, 0.717) is 32.5 Å². The Morgan fingerprint density at radius 3 is 2.37 bits per heavy atom. The number of carbonyl (C=O) groups is 3. The van der Waals surface area contributed by atoms with Crippen molar-refractivity contribution in [1.29, 1.82) is 0 Å². The molecule has 1 aromatic heterocycles. The Balaban J connectivity index is 1.59. The van der Waals surface area contributed by atoms with E-state index in [-0.39, 0.29) is 24.3 Å². The van der Waals surface area contributed by atoms with Crippen LogP contribution in [0.15, 0.2) is 0 Å². The summed E-state index contributed by atoms with van der Waals surface area (Å²) in [5, 5.41) is 4.40. The fraction of sp³-hybridized carbons (Fsp3) is 0.684. The molecule has 1 aromatic rings. The summed E-state index contributed by atoms with van der Waals surface area (Å²) >= 11 is 0. The Morgan fingerprint density at radius 1 is 1.07 bits per heavy atom. The molecule has 0 bridgehead atoms. The van der Waals surface area contributed by atoms with Crippen LogP contribution in [0.25, 0.3) is 0 Å². The molecule has 0 aromatic carbocycles. The lowest BCUT2D eigenvalue weighted by Gasteiger charge is -2.39. The van der Waals surface area contributed by atoms with Crippen LogP contribution in [-0.2, 0) is 28.0 Å². The summed E-state index contributed by atoms with van der Waals surface area (Å²) in [4.78, 5) is 42.3. The smallest absolute Gasteiger partial charge is 0.245 e. The molecule has 2 fully saturated rings. The van der Waals surface area contributed by atoms with Crippen molar-refractivity contribution in [2.45, 2.75) is 52.6 Å². The minimum absolute atomic E-state index is 0.0263. The van der Waals surface area contributed by atoms with Gasteiger partial charge in [0.15, 0.2) is 0 Å². The topological polar surface area (TPSA) is 78.8 Å². The van der Waals surface area contributed by atoms with E-state index in [1.165, 1.54) is 0 Å². The van der Waals surface area contributed by atoms with E-state index in [4.69, 9.17) is 0 Å². The Labute approximate surface area is 160 Å². The molecule has 0 radical (unpaired) electrons.